The van der Waals surface area contributed by atoms with Crippen LogP contribution in [-0.2, 0) is 10.0 Å². The minimum absolute atomic E-state index is 0.117. The lowest BCUT2D eigenvalue weighted by Crippen LogP contribution is -2.42. The summed E-state index contributed by atoms with van der Waals surface area (Å²) in [6.45, 7) is 1.78. The van der Waals surface area contributed by atoms with Crippen molar-refractivity contribution in [3.63, 3.8) is 0 Å². The van der Waals surface area contributed by atoms with Crippen molar-refractivity contribution in [2.24, 2.45) is 0 Å². The summed E-state index contributed by atoms with van der Waals surface area (Å²) in [5, 5.41) is 9.66. The SMILES string of the molecule is CSCC[C@](C)(O)CNS(=O)(=O)C1CC1. The quantitative estimate of drug-likeness (QED) is 0.696. The Balaban J connectivity index is 2.34. The summed E-state index contributed by atoms with van der Waals surface area (Å²) in [5.74, 6) is 0.832. The molecule has 1 saturated carbocycles. The Morgan fingerprint density at radius 2 is 2.13 bits per heavy atom. The highest BCUT2D eigenvalue weighted by atomic mass is 32.2. The maximum absolute atomic E-state index is 11.5. The second kappa shape index (κ2) is 5.03. The van der Waals surface area contributed by atoms with Crippen LogP contribution in [0.4, 0.5) is 0 Å². The van der Waals surface area contributed by atoms with Crippen molar-refractivity contribution in [2.75, 3.05) is 18.6 Å². The fourth-order valence-corrected chi connectivity index (χ4v) is 3.31. The standard InChI is InChI=1S/C9H19NO3S2/c1-9(11,5-6-14-2)7-10-15(12,13)8-3-4-8/h8,10-11H,3-7H2,1-2H3/t9-/m0/s1. The highest BCUT2D eigenvalue weighted by molar-refractivity contribution is 7.98. The Hall–Kier alpha value is 0.220. The third-order valence-corrected chi connectivity index (χ3v) is 4.97. The zero-order valence-corrected chi connectivity index (χ0v) is 10.8. The Bertz CT molecular complexity index is 296. The minimum atomic E-state index is -3.16. The molecule has 0 spiro atoms. The number of thioether (sulfide) groups is 1. The zero-order chi connectivity index (χ0) is 11.5. The van der Waals surface area contributed by atoms with Crippen LogP contribution in [0.25, 0.3) is 0 Å². The molecule has 15 heavy (non-hydrogen) atoms. The van der Waals surface area contributed by atoms with Crippen molar-refractivity contribution in [3.05, 3.63) is 0 Å². The van der Waals surface area contributed by atoms with Gasteiger partial charge in [0.15, 0.2) is 0 Å². The summed E-state index contributed by atoms with van der Waals surface area (Å²) in [5.41, 5.74) is -0.940. The van der Waals surface area contributed by atoms with Crippen molar-refractivity contribution in [3.8, 4) is 0 Å². The molecule has 90 valence electrons. The first-order chi connectivity index (χ1) is 6.87. The molecular formula is C9H19NO3S2. The molecule has 0 aromatic rings. The van der Waals surface area contributed by atoms with Crippen LogP contribution in [-0.4, -0.2) is 42.9 Å². The van der Waals surface area contributed by atoms with Crippen molar-refractivity contribution < 1.29 is 13.5 Å². The molecule has 0 heterocycles. The molecular weight excluding hydrogens is 234 g/mol. The molecule has 0 bridgehead atoms. The Morgan fingerprint density at radius 1 is 1.53 bits per heavy atom. The first-order valence-electron chi connectivity index (χ1n) is 5.07. The molecule has 0 radical (unpaired) electrons. The minimum Gasteiger partial charge on any atom is -0.389 e. The number of hydrogen-bond acceptors (Lipinski definition) is 4. The van der Waals surface area contributed by atoms with E-state index in [2.05, 4.69) is 4.72 Å². The van der Waals surface area contributed by atoms with Gasteiger partial charge in [-0.1, -0.05) is 0 Å². The van der Waals surface area contributed by atoms with Crippen molar-refractivity contribution in [1.82, 2.24) is 4.72 Å². The summed E-state index contributed by atoms with van der Waals surface area (Å²) in [4.78, 5) is 0. The number of aliphatic hydroxyl groups is 1. The van der Waals surface area contributed by atoms with Crippen LogP contribution in [0.1, 0.15) is 26.2 Å². The lowest BCUT2D eigenvalue weighted by Gasteiger charge is -2.23. The van der Waals surface area contributed by atoms with Gasteiger partial charge in [0, 0.05) is 6.54 Å². The van der Waals surface area contributed by atoms with Crippen molar-refractivity contribution in [1.29, 1.82) is 0 Å². The number of nitrogens with one attached hydrogen (secondary N) is 1. The monoisotopic (exact) mass is 253 g/mol. The van der Waals surface area contributed by atoms with Crippen LogP contribution in [0.5, 0.6) is 0 Å². The second-order valence-electron chi connectivity index (χ2n) is 4.31. The number of hydrogen-bond donors (Lipinski definition) is 2. The summed E-state index contributed by atoms with van der Waals surface area (Å²) in [6.07, 6.45) is 4.07. The molecule has 0 aromatic carbocycles. The van der Waals surface area contributed by atoms with E-state index >= 15 is 0 Å². The predicted octanol–water partition coefficient (Wildman–Crippen LogP) is 0.572. The Labute approximate surface area is 95.9 Å². The zero-order valence-electron chi connectivity index (χ0n) is 9.19. The number of sulfonamides is 1. The molecule has 0 aromatic heterocycles. The Kier molecular flexibility index (Phi) is 4.46. The van der Waals surface area contributed by atoms with Gasteiger partial charge >= 0.3 is 0 Å². The van der Waals surface area contributed by atoms with Crippen LogP contribution in [0, 0.1) is 0 Å². The molecule has 0 amide bonds. The fraction of sp³-hybridized carbons (Fsp3) is 1.00. The first kappa shape index (κ1) is 13.3. The van der Waals surface area contributed by atoms with Gasteiger partial charge in [-0.15, -0.1) is 0 Å². The van der Waals surface area contributed by atoms with Gasteiger partial charge in [0.2, 0.25) is 10.0 Å². The van der Waals surface area contributed by atoms with Gasteiger partial charge in [-0.05, 0) is 38.2 Å². The van der Waals surface area contributed by atoms with E-state index in [-0.39, 0.29) is 11.8 Å². The van der Waals surface area contributed by atoms with Gasteiger partial charge in [0.1, 0.15) is 0 Å². The molecule has 0 aliphatic heterocycles. The van der Waals surface area contributed by atoms with Gasteiger partial charge in [-0.25, -0.2) is 13.1 Å². The van der Waals surface area contributed by atoms with E-state index in [0.29, 0.717) is 6.42 Å². The molecule has 1 atom stereocenters. The normalized spacial score (nSPS) is 21.3. The van der Waals surface area contributed by atoms with Crippen LogP contribution < -0.4 is 4.72 Å². The van der Waals surface area contributed by atoms with E-state index in [1.54, 1.807) is 18.7 Å². The summed E-state index contributed by atoms with van der Waals surface area (Å²) in [7, 11) is -3.16. The third kappa shape index (κ3) is 4.72. The summed E-state index contributed by atoms with van der Waals surface area (Å²) >= 11 is 1.64. The van der Waals surface area contributed by atoms with E-state index in [4.69, 9.17) is 0 Å². The highest BCUT2D eigenvalue weighted by Crippen LogP contribution is 2.27. The van der Waals surface area contributed by atoms with Gasteiger partial charge < -0.3 is 5.11 Å². The average molecular weight is 253 g/mol. The van der Waals surface area contributed by atoms with E-state index in [1.807, 2.05) is 6.26 Å². The average Bonchev–Trinajstić information content (AvgIpc) is 2.95. The highest BCUT2D eigenvalue weighted by Gasteiger charge is 2.36. The molecule has 1 fully saturated rings. The first-order valence-corrected chi connectivity index (χ1v) is 8.01. The van der Waals surface area contributed by atoms with E-state index < -0.39 is 15.6 Å². The lowest BCUT2D eigenvalue weighted by molar-refractivity contribution is 0.0626. The van der Waals surface area contributed by atoms with Crippen LogP contribution in [0.15, 0.2) is 0 Å². The maximum atomic E-state index is 11.5. The van der Waals surface area contributed by atoms with E-state index in [1.165, 1.54) is 0 Å². The maximum Gasteiger partial charge on any atom is 0.214 e. The summed E-state index contributed by atoms with van der Waals surface area (Å²) < 4.78 is 25.5. The fourth-order valence-electron chi connectivity index (χ4n) is 1.16. The lowest BCUT2D eigenvalue weighted by atomic mass is 10.1. The van der Waals surface area contributed by atoms with Gasteiger partial charge in [-0.2, -0.15) is 11.8 Å². The molecule has 0 unspecified atom stereocenters. The third-order valence-electron chi connectivity index (χ3n) is 2.46. The van der Waals surface area contributed by atoms with E-state index in [9.17, 15) is 13.5 Å². The number of rotatable bonds is 7. The van der Waals surface area contributed by atoms with Gasteiger partial charge in [-0.3, -0.25) is 0 Å². The predicted molar refractivity (Wildman–Crippen MR) is 63.6 cm³/mol. The smallest absolute Gasteiger partial charge is 0.214 e. The van der Waals surface area contributed by atoms with Crippen molar-refractivity contribution in [2.45, 2.75) is 37.0 Å². The van der Waals surface area contributed by atoms with Crippen LogP contribution in [0.2, 0.25) is 0 Å². The second-order valence-corrected chi connectivity index (χ2v) is 7.34. The van der Waals surface area contributed by atoms with E-state index in [0.717, 1.165) is 18.6 Å². The van der Waals surface area contributed by atoms with Crippen LogP contribution >= 0.6 is 11.8 Å². The summed E-state index contributed by atoms with van der Waals surface area (Å²) in [6, 6.07) is 0. The molecule has 4 nitrogen and oxygen atoms in total. The molecule has 1 aliphatic carbocycles. The molecule has 0 saturated heterocycles. The Morgan fingerprint density at radius 3 is 2.60 bits per heavy atom. The van der Waals surface area contributed by atoms with Crippen LogP contribution in [0.3, 0.4) is 0 Å². The van der Waals surface area contributed by atoms with Gasteiger partial charge in [0.25, 0.3) is 0 Å². The molecule has 1 aliphatic rings. The van der Waals surface area contributed by atoms with Gasteiger partial charge in [0.05, 0.1) is 10.9 Å². The topological polar surface area (TPSA) is 66.4 Å². The largest absolute Gasteiger partial charge is 0.389 e. The molecule has 1 rings (SSSR count). The van der Waals surface area contributed by atoms with Crippen molar-refractivity contribution >= 4 is 21.8 Å². The molecule has 6 heteroatoms. The molecule has 2 N–H and O–H groups in total.